The number of ether oxygens (including phenoxy) is 1. The van der Waals surface area contributed by atoms with Crippen molar-refractivity contribution < 1.29 is 4.74 Å². The maximum absolute atomic E-state index is 5.89. The highest BCUT2D eigenvalue weighted by Crippen LogP contribution is 2.31. The van der Waals surface area contributed by atoms with Gasteiger partial charge in [0.25, 0.3) is 0 Å². The Hall–Kier alpha value is -0.120. The lowest BCUT2D eigenvalue weighted by Gasteiger charge is -2.36. The van der Waals surface area contributed by atoms with Crippen LogP contribution in [0, 0.1) is 5.92 Å². The topological polar surface area (TPSA) is 38.5 Å². The summed E-state index contributed by atoms with van der Waals surface area (Å²) in [7, 11) is 2.24. The molecule has 0 aromatic heterocycles. The van der Waals surface area contributed by atoms with Crippen LogP contribution in [-0.4, -0.2) is 43.8 Å². The molecule has 1 aliphatic carbocycles. The molecule has 1 aliphatic heterocycles. The van der Waals surface area contributed by atoms with Crippen molar-refractivity contribution in [1.82, 2.24) is 4.90 Å². The van der Waals surface area contributed by atoms with Gasteiger partial charge in [-0.15, -0.1) is 0 Å². The predicted molar refractivity (Wildman–Crippen MR) is 57.2 cm³/mol. The predicted octanol–water partition coefficient (Wildman–Crippen LogP) is 0.834. The summed E-state index contributed by atoms with van der Waals surface area (Å²) >= 11 is 0. The fourth-order valence-corrected chi connectivity index (χ4v) is 2.54. The average molecular weight is 198 g/mol. The molecule has 0 aromatic carbocycles. The van der Waals surface area contributed by atoms with Crippen molar-refractivity contribution >= 4 is 0 Å². The quantitative estimate of drug-likeness (QED) is 0.727. The van der Waals surface area contributed by atoms with Crippen LogP contribution in [0.5, 0.6) is 0 Å². The Labute approximate surface area is 86.6 Å². The van der Waals surface area contributed by atoms with Crippen LogP contribution in [0.25, 0.3) is 0 Å². The second kappa shape index (κ2) is 4.60. The van der Waals surface area contributed by atoms with E-state index in [1.165, 1.54) is 25.7 Å². The number of nitrogens with zero attached hydrogens (tertiary/aromatic N) is 1. The highest BCUT2D eigenvalue weighted by molar-refractivity contribution is 4.90. The fraction of sp³-hybridized carbons (Fsp3) is 1.00. The molecule has 1 heterocycles. The van der Waals surface area contributed by atoms with E-state index in [4.69, 9.17) is 10.5 Å². The summed E-state index contributed by atoms with van der Waals surface area (Å²) in [5.41, 5.74) is 5.89. The summed E-state index contributed by atoms with van der Waals surface area (Å²) < 4.78 is 5.39. The van der Waals surface area contributed by atoms with Gasteiger partial charge in [-0.2, -0.15) is 0 Å². The SMILES string of the molecule is CN(C1CC1)C(CN)C1CCOCC1. The van der Waals surface area contributed by atoms with Crippen LogP contribution >= 0.6 is 0 Å². The molecule has 1 saturated heterocycles. The van der Waals surface area contributed by atoms with Crippen molar-refractivity contribution in [1.29, 1.82) is 0 Å². The maximum atomic E-state index is 5.89. The molecule has 0 amide bonds. The van der Waals surface area contributed by atoms with Crippen molar-refractivity contribution in [2.24, 2.45) is 11.7 Å². The molecule has 1 atom stereocenters. The van der Waals surface area contributed by atoms with Gasteiger partial charge in [-0.3, -0.25) is 4.90 Å². The lowest BCUT2D eigenvalue weighted by molar-refractivity contribution is 0.0320. The Morgan fingerprint density at radius 1 is 1.29 bits per heavy atom. The molecule has 2 aliphatic rings. The number of rotatable bonds is 4. The fourth-order valence-electron chi connectivity index (χ4n) is 2.54. The normalized spacial score (nSPS) is 26.8. The van der Waals surface area contributed by atoms with Crippen LogP contribution in [0.1, 0.15) is 25.7 Å². The number of hydrogen-bond acceptors (Lipinski definition) is 3. The van der Waals surface area contributed by atoms with E-state index in [1.807, 2.05) is 0 Å². The van der Waals surface area contributed by atoms with Gasteiger partial charge in [-0.05, 0) is 38.6 Å². The Balaban J connectivity index is 1.89. The largest absolute Gasteiger partial charge is 0.381 e. The lowest BCUT2D eigenvalue weighted by atomic mass is 9.91. The third-order valence-corrected chi connectivity index (χ3v) is 3.70. The summed E-state index contributed by atoms with van der Waals surface area (Å²) in [6.07, 6.45) is 5.13. The van der Waals surface area contributed by atoms with Crippen molar-refractivity contribution in [3.63, 3.8) is 0 Å². The minimum Gasteiger partial charge on any atom is -0.381 e. The monoisotopic (exact) mass is 198 g/mol. The minimum atomic E-state index is 0.589. The molecule has 0 radical (unpaired) electrons. The Morgan fingerprint density at radius 2 is 1.93 bits per heavy atom. The number of likely N-dealkylation sites (N-methyl/N-ethyl adjacent to an activating group) is 1. The molecule has 0 bridgehead atoms. The molecule has 3 heteroatoms. The van der Waals surface area contributed by atoms with E-state index in [9.17, 15) is 0 Å². The van der Waals surface area contributed by atoms with Crippen molar-refractivity contribution in [2.75, 3.05) is 26.8 Å². The standard InChI is InChI=1S/C11H22N2O/c1-13(10-2-3-10)11(8-12)9-4-6-14-7-5-9/h9-11H,2-8,12H2,1H3. The summed E-state index contributed by atoms with van der Waals surface area (Å²) in [5, 5.41) is 0. The first-order valence-electron chi connectivity index (χ1n) is 5.82. The van der Waals surface area contributed by atoms with Gasteiger partial charge in [-0.1, -0.05) is 0 Å². The number of nitrogens with two attached hydrogens (primary N) is 1. The highest BCUT2D eigenvalue weighted by Gasteiger charge is 2.34. The van der Waals surface area contributed by atoms with Gasteiger partial charge in [0.15, 0.2) is 0 Å². The van der Waals surface area contributed by atoms with Gasteiger partial charge >= 0.3 is 0 Å². The Bertz CT molecular complexity index is 176. The van der Waals surface area contributed by atoms with E-state index < -0.39 is 0 Å². The van der Waals surface area contributed by atoms with Crippen molar-refractivity contribution in [3.8, 4) is 0 Å². The summed E-state index contributed by atoms with van der Waals surface area (Å²) in [5.74, 6) is 0.763. The molecule has 1 unspecified atom stereocenters. The van der Waals surface area contributed by atoms with Gasteiger partial charge in [0.2, 0.25) is 0 Å². The van der Waals surface area contributed by atoms with Crippen LogP contribution in [0.4, 0.5) is 0 Å². The molecule has 2 rings (SSSR count). The van der Waals surface area contributed by atoms with Crippen LogP contribution in [0.2, 0.25) is 0 Å². The third kappa shape index (κ3) is 2.27. The smallest absolute Gasteiger partial charge is 0.0469 e. The summed E-state index contributed by atoms with van der Waals surface area (Å²) in [4.78, 5) is 2.51. The Kier molecular flexibility index (Phi) is 3.42. The number of hydrogen-bond donors (Lipinski definition) is 1. The zero-order valence-electron chi connectivity index (χ0n) is 9.11. The van der Waals surface area contributed by atoms with Gasteiger partial charge in [0.1, 0.15) is 0 Å². The first-order chi connectivity index (χ1) is 6.83. The summed E-state index contributed by atoms with van der Waals surface area (Å²) in [6, 6.07) is 1.41. The van der Waals surface area contributed by atoms with Crippen molar-refractivity contribution in [3.05, 3.63) is 0 Å². The molecule has 2 fully saturated rings. The van der Waals surface area contributed by atoms with E-state index in [0.29, 0.717) is 6.04 Å². The van der Waals surface area contributed by atoms with Gasteiger partial charge in [-0.25, -0.2) is 0 Å². The molecule has 82 valence electrons. The van der Waals surface area contributed by atoms with E-state index >= 15 is 0 Å². The minimum absolute atomic E-state index is 0.589. The average Bonchev–Trinajstić information content (AvgIpc) is 3.03. The van der Waals surface area contributed by atoms with Gasteiger partial charge in [0.05, 0.1) is 0 Å². The van der Waals surface area contributed by atoms with Crippen LogP contribution < -0.4 is 5.73 Å². The molecule has 0 aromatic rings. The van der Waals surface area contributed by atoms with Crippen LogP contribution in [-0.2, 0) is 4.74 Å². The first-order valence-corrected chi connectivity index (χ1v) is 5.82. The first kappa shape index (κ1) is 10.4. The molecular weight excluding hydrogens is 176 g/mol. The van der Waals surface area contributed by atoms with E-state index in [1.54, 1.807) is 0 Å². The zero-order chi connectivity index (χ0) is 9.97. The second-order valence-corrected chi connectivity index (χ2v) is 4.65. The molecule has 0 spiro atoms. The van der Waals surface area contributed by atoms with E-state index in [-0.39, 0.29) is 0 Å². The third-order valence-electron chi connectivity index (χ3n) is 3.70. The van der Waals surface area contributed by atoms with E-state index in [0.717, 1.165) is 31.7 Å². The van der Waals surface area contributed by atoms with Gasteiger partial charge in [0, 0.05) is 31.8 Å². The zero-order valence-corrected chi connectivity index (χ0v) is 9.11. The summed E-state index contributed by atoms with van der Waals surface area (Å²) in [6.45, 7) is 2.66. The Morgan fingerprint density at radius 3 is 2.43 bits per heavy atom. The highest BCUT2D eigenvalue weighted by atomic mass is 16.5. The molecular formula is C11H22N2O. The second-order valence-electron chi connectivity index (χ2n) is 4.65. The van der Waals surface area contributed by atoms with Crippen LogP contribution in [0.15, 0.2) is 0 Å². The molecule has 14 heavy (non-hydrogen) atoms. The maximum Gasteiger partial charge on any atom is 0.0469 e. The molecule has 1 saturated carbocycles. The van der Waals surface area contributed by atoms with Gasteiger partial charge < -0.3 is 10.5 Å². The van der Waals surface area contributed by atoms with Crippen LogP contribution in [0.3, 0.4) is 0 Å². The lowest BCUT2D eigenvalue weighted by Crippen LogP contribution is -2.46. The van der Waals surface area contributed by atoms with E-state index in [2.05, 4.69) is 11.9 Å². The molecule has 3 nitrogen and oxygen atoms in total. The van der Waals surface area contributed by atoms with Crippen molar-refractivity contribution in [2.45, 2.75) is 37.8 Å². The molecule has 2 N–H and O–H groups in total.